The van der Waals surface area contributed by atoms with Gasteiger partial charge in [0.05, 0.1) is 5.69 Å². The number of anilines is 1. The Labute approximate surface area is 133 Å². The lowest BCUT2D eigenvalue weighted by atomic mass is 10.2. The Hall–Kier alpha value is -1.81. The lowest BCUT2D eigenvalue weighted by Gasteiger charge is -2.18. The van der Waals surface area contributed by atoms with Gasteiger partial charge in [-0.2, -0.15) is 0 Å². The molecule has 0 heterocycles. The van der Waals surface area contributed by atoms with Crippen molar-refractivity contribution in [1.82, 2.24) is 0 Å². The van der Waals surface area contributed by atoms with E-state index in [1.807, 2.05) is 62.4 Å². The summed E-state index contributed by atoms with van der Waals surface area (Å²) in [6, 6.07) is 15.2. The highest BCUT2D eigenvalue weighted by Crippen LogP contribution is 2.22. The first kappa shape index (κ1) is 15.6. The standard InChI is InChI=1S/C17H18BrNO2/c1-3-16(21-13-10-8-12(2)9-11-13)17(20)19-15-7-5-4-6-14(15)18/h4-11,16H,3H2,1-2H3,(H,19,20)/t16-/m0/s1. The van der Waals surface area contributed by atoms with Crippen molar-refractivity contribution in [2.75, 3.05) is 5.32 Å². The minimum absolute atomic E-state index is 0.148. The summed E-state index contributed by atoms with van der Waals surface area (Å²) in [5.41, 5.74) is 1.90. The number of hydrogen-bond acceptors (Lipinski definition) is 2. The van der Waals surface area contributed by atoms with E-state index < -0.39 is 6.10 Å². The summed E-state index contributed by atoms with van der Waals surface area (Å²) in [5.74, 6) is 0.555. The highest BCUT2D eigenvalue weighted by molar-refractivity contribution is 9.10. The maximum atomic E-state index is 12.3. The number of hydrogen-bond donors (Lipinski definition) is 1. The molecule has 1 amide bonds. The van der Waals surface area contributed by atoms with Crippen molar-refractivity contribution in [1.29, 1.82) is 0 Å². The van der Waals surface area contributed by atoms with Gasteiger partial charge in [0.25, 0.3) is 5.91 Å². The van der Waals surface area contributed by atoms with E-state index in [-0.39, 0.29) is 5.91 Å². The van der Waals surface area contributed by atoms with Gasteiger partial charge in [0.2, 0.25) is 0 Å². The molecule has 0 saturated carbocycles. The van der Waals surface area contributed by atoms with Crippen molar-refractivity contribution < 1.29 is 9.53 Å². The molecule has 0 saturated heterocycles. The maximum Gasteiger partial charge on any atom is 0.265 e. The number of rotatable bonds is 5. The Morgan fingerprint density at radius 3 is 2.48 bits per heavy atom. The van der Waals surface area contributed by atoms with Crippen LogP contribution in [0.2, 0.25) is 0 Å². The Kier molecular flexibility index (Phi) is 5.39. The molecule has 2 aromatic carbocycles. The summed E-state index contributed by atoms with van der Waals surface area (Å²) in [7, 11) is 0. The predicted octanol–water partition coefficient (Wildman–Crippen LogP) is 4.55. The largest absolute Gasteiger partial charge is 0.481 e. The van der Waals surface area contributed by atoms with E-state index in [9.17, 15) is 4.79 Å². The minimum Gasteiger partial charge on any atom is -0.481 e. The number of para-hydroxylation sites is 1. The second kappa shape index (κ2) is 7.27. The molecule has 2 aromatic rings. The molecule has 0 unspecified atom stereocenters. The molecule has 0 aromatic heterocycles. The van der Waals surface area contributed by atoms with Gasteiger partial charge in [-0.25, -0.2) is 0 Å². The number of amides is 1. The van der Waals surface area contributed by atoms with Crippen LogP contribution in [0.3, 0.4) is 0 Å². The number of benzene rings is 2. The smallest absolute Gasteiger partial charge is 0.265 e. The van der Waals surface area contributed by atoms with Crippen molar-refractivity contribution in [3.63, 3.8) is 0 Å². The number of carbonyl (C=O) groups excluding carboxylic acids is 1. The van der Waals surface area contributed by atoms with Crippen LogP contribution in [0.5, 0.6) is 5.75 Å². The summed E-state index contributed by atoms with van der Waals surface area (Å²) in [6.45, 7) is 3.94. The fourth-order valence-electron chi connectivity index (χ4n) is 1.88. The number of nitrogens with one attached hydrogen (secondary N) is 1. The van der Waals surface area contributed by atoms with Gasteiger partial charge in [0.1, 0.15) is 5.75 Å². The van der Waals surface area contributed by atoms with Crippen LogP contribution in [0.15, 0.2) is 53.0 Å². The molecule has 0 aliphatic carbocycles. The fraction of sp³-hybridized carbons (Fsp3) is 0.235. The van der Waals surface area contributed by atoms with Crippen LogP contribution in [-0.4, -0.2) is 12.0 Å². The lowest BCUT2D eigenvalue weighted by molar-refractivity contribution is -0.122. The van der Waals surface area contributed by atoms with Crippen LogP contribution in [0.4, 0.5) is 5.69 Å². The molecule has 0 aliphatic rings. The lowest BCUT2D eigenvalue weighted by Crippen LogP contribution is -2.32. The Bertz CT molecular complexity index is 610. The van der Waals surface area contributed by atoms with Crippen molar-refractivity contribution in [3.8, 4) is 5.75 Å². The molecule has 1 atom stereocenters. The molecule has 110 valence electrons. The predicted molar refractivity (Wildman–Crippen MR) is 88.7 cm³/mol. The summed E-state index contributed by atoms with van der Waals surface area (Å²) in [4.78, 5) is 12.3. The molecule has 0 bridgehead atoms. The molecule has 0 spiro atoms. The second-order valence-electron chi connectivity index (χ2n) is 4.80. The van der Waals surface area contributed by atoms with Gasteiger partial charge in [-0.1, -0.05) is 36.8 Å². The molecule has 0 fully saturated rings. The van der Waals surface area contributed by atoms with Crippen molar-refractivity contribution >= 4 is 27.5 Å². The average molecular weight is 348 g/mol. The minimum atomic E-state index is -0.514. The highest BCUT2D eigenvalue weighted by Gasteiger charge is 2.19. The van der Waals surface area contributed by atoms with Crippen LogP contribution in [-0.2, 0) is 4.79 Å². The van der Waals surface area contributed by atoms with E-state index in [4.69, 9.17) is 4.74 Å². The average Bonchev–Trinajstić information content (AvgIpc) is 2.49. The third kappa shape index (κ3) is 4.33. The first-order chi connectivity index (χ1) is 10.1. The fourth-order valence-corrected chi connectivity index (χ4v) is 2.26. The molecular formula is C17H18BrNO2. The van der Waals surface area contributed by atoms with Gasteiger partial charge in [-0.15, -0.1) is 0 Å². The maximum absolute atomic E-state index is 12.3. The molecule has 21 heavy (non-hydrogen) atoms. The highest BCUT2D eigenvalue weighted by atomic mass is 79.9. The number of halogens is 1. The van der Waals surface area contributed by atoms with E-state index in [0.717, 1.165) is 15.7 Å². The van der Waals surface area contributed by atoms with Crippen LogP contribution >= 0.6 is 15.9 Å². The molecule has 0 radical (unpaired) electrons. The van der Waals surface area contributed by atoms with E-state index in [0.29, 0.717) is 12.2 Å². The summed E-state index contributed by atoms with van der Waals surface area (Å²) < 4.78 is 6.62. The van der Waals surface area contributed by atoms with Gasteiger partial charge >= 0.3 is 0 Å². The van der Waals surface area contributed by atoms with Crippen molar-refractivity contribution in [3.05, 3.63) is 58.6 Å². The quantitative estimate of drug-likeness (QED) is 0.861. The zero-order valence-electron chi connectivity index (χ0n) is 12.1. The number of aryl methyl sites for hydroxylation is 1. The Morgan fingerprint density at radius 2 is 1.86 bits per heavy atom. The zero-order chi connectivity index (χ0) is 15.2. The molecule has 1 N–H and O–H groups in total. The molecule has 4 heteroatoms. The molecular weight excluding hydrogens is 330 g/mol. The Morgan fingerprint density at radius 1 is 1.19 bits per heavy atom. The topological polar surface area (TPSA) is 38.3 Å². The molecule has 2 rings (SSSR count). The van der Waals surface area contributed by atoms with E-state index in [1.54, 1.807) is 0 Å². The van der Waals surface area contributed by atoms with Crippen molar-refractivity contribution in [2.45, 2.75) is 26.4 Å². The van der Waals surface area contributed by atoms with Crippen LogP contribution in [0.1, 0.15) is 18.9 Å². The second-order valence-corrected chi connectivity index (χ2v) is 5.65. The Balaban J connectivity index is 2.05. The SMILES string of the molecule is CC[C@H](Oc1ccc(C)cc1)C(=O)Nc1ccccc1Br. The number of ether oxygens (including phenoxy) is 1. The molecule has 3 nitrogen and oxygen atoms in total. The van der Waals surface area contributed by atoms with Gasteiger partial charge < -0.3 is 10.1 Å². The van der Waals surface area contributed by atoms with E-state index in [1.165, 1.54) is 0 Å². The van der Waals surface area contributed by atoms with Crippen LogP contribution < -0.4 is 10.1 Å². The normalized spacial score (nSPS) is 11.8. The van der Waals surface area contributed by atoms with Crippen LogP contribution in [0, 0.1) is 6.92 Å². The summed E-state index contributed by atoms with van der Waals surface area (Å²) in [5, 5.41) is 2.88. The summed E-state index contributed by atoms with van der Waals surface area (Å²) in [6.07, 6.45) is 0.0873. The summed E-state index contributed by atoms with van der Waals surface area (Å²) >= 11 is 3.42. The van der Waals surface area contributed by atoms with Crippen LogP contribution in [0.25, 0.3) is 0 Å². The third-order valence-corrected chi connectivity index (χ3v) is 3.79. The van der Waals surface area contributed by atoms with Gasteiger partial charge in [0.15, 0.2) is 6.10 Å². The first-order valence-electron chi connectivity index (χ1n) is 6.89. The van der Waals surface area contributed by atoms with Gasteiger partial charge in [0, 0.05) is 4.47 Å². The van der Waals surface area contributed by atoms with E-state index >= 15 is 0 Å². The van der Waals surface area contributed by atoms with Crippen molar-refractivity contribution in [2.24, 2.45) is 0 Å². The van der Waals surface area contributed by atoms with E-state index in [2.05, 4.69) is 21.2 Å². The molecule has 0 aliphatic heterocycles. The zero-order valence-corrected chi connectivity index (χ0v) is 13.7. The number of carbonyl (C=O) groups is 1. The first-order valence-corrected chi connectivity index (χ1v) is 7.68. The van der Waals surface area contributed by atoms with Gasteiger partial charge in [-0.3, -0.25) is 4.79 Å². The van der Waals surface area contributed by atoms with Gasteiger partial charge in [-0.05, 0) is 53.5 Å². The third-order valence-electron chi connectivity index (χ3n) is 3.09. The monoisotopic (exact) mass is 347 g/mol.